The quantitative estimate of drug-likeness (QED) is 0.688. The van der Waals surface area contributed by atoms with Gasteiger partial charge in [0.25, 0.3) is 0 Å². The summed E-state index contributed by atoms with van der Waals surface area (Å²) in [7, 11) is 1.66. The fourth-order valence-electron chi connectivity index (χ4n) is 1.43. The summed E-state index contributed by atoms with van der Waals surface area (Å²) in [6, 6.07) is 6.11. The van der Waals surface area contributed by atoms with E-state index in [1.165, 1.54) is 5.56 Å². The third-order valence-corrected chi connectivity index (χ3v) is 2.42. The summed E-state index contributed by atoms with van der Waals surface area (Å²) in [5.74, 6) is 0.868. The van der Waals surface area contributed by atoms with Crippen molar-refractivity contribution < 1.29 is 4.74 Å². The van der Waals surface area contributed by atoms with E-state index in [0.717, 1.165) is 16.9 Å². The molecule has 0 saturated heterocycles. The van der Waals surface area contributed by atoms with Crippen LogP contribution in [-0.2, 0) is 0 Å². The van der Waals surface area contributed by atoms with E-state index in [4.69, 9.17) is 10.00 Å². The molecule has 1 aromatic carbocycles. The monoisotopic (exact) mass is 201 g/mol. The topological polar surface area (TPSA) is 33.0 Å². The zero-order chi connectivity index (χ0) is 11.4. The van der Waals surface area contributed by atoms with Gasteiger partial charge in [-0.3, -0.25) is 0 Å². The molecule has 15 heavy (non-hydrogen) atoms. The lowest BCUT2D eigenvalue weighted by Crippen LogP contribution is -1.91. The highest BCUT2D eigenvalue weighted by Crippen LogP contribution is 2.24. The molecular formula is C13H15NO. The smallest absolute Gasteiger partial charge is 0.122 e. The Hall–Kier alpha value is -1.75. The Morgan fingerprint density at radius 3 is 2.60 bits per heavy atom. The molecule has 0 fully saturated rings. The standard InChI is InChI=1S/C13H15NO/c1-9(8-14)5-12-6-10(2)11(3)13(7-12)15-4/h5-7H,1-4H3/b9-5+. The number of hydrogen-bond acceptors (Lipinski definition) is 2. The molecule has 0 unspecified atom stereocenters. The number of rotatable bonds is 2. The third kappa shape index (κ3) is 2.60. The molecule has 0 spiro atoms. The summed E-state index contributed by atoms with van der Waals surface area (Å²) in [5, 5.41) is 8.70. The van der Waals surface area contributed by atoms with Crippen LogP contribution in [-0.4, -0.2) is 7.11 Å². The Balaban J connectivity index is 3.24. The average Bonchev–Trinajstić information content (AvgIpc) is 2.22. The molecule has 0 N–H and O–H groups in total. The molecule has 0 aliphatic heterocycles. The Morgan fingerprint density at radius 1 is 1.40 bits per heavy atom. The van der Waals surface area contributed by atoms with Crippen LogP contribution in [0.2, 0.25) is 0 Å². The number of ether oxygens (including phenoxy) is 1. The first-order chi connectivity index (χ1) is 7.08. The van der Waals surface area contributed by atoms with Crippen LogP contribution < -0.4 is 4.74 Å². The van der Waals surface area contributed by atoms with E-state index in [1.807, 2.05) is 26.0 Å². The van der Waals surface area contributed by atoms with E-state index in [1.54, 1.807) is 14.0 Å². The van der Waals surface area contributed by atoms with Crippen molar-refractivity contribution in [3.05, 3.63) is 34.4 Å². The molecule has 0 amide bonds. The third-order valence-electron chi connectivity index (χ3n) is 2.42. The maximum absolute atomic E-state index is 8.70. The van der Waals surface area contributed by atoms with Crippen LogP contribution in [0.3, 0.4) is 0 Å². The number of methoxy groups -OCH3 is 1. The van der Waals surface area contributed by atoms with Gasteiger partial charge < -0.3 is 4.74 Å². The van der Waals surface area contributed by atoms with Crippen molar-refractivity contribution in [3.8, 4) is 11.8 Å². The number of benzene rings is 1. The second kappa shape index (κ2) is 4.65. The highest BCUT2D eigenvalue weighted by molar-refractivity contribution is 5.60. The van der Waals surface area contributed by atoms with Crippen molar-refractivity contribution in [2.75, 3.05) is 7.11 Å². The van der Waals surface area contributed by atoms with Crippen molar-refractivity contribution in [1.29, 1.82) is 5.26 Å². The van der Waals surface area contributed by atoms with Crippen LogP contribution in [0.5, 0.6) is 5.75 Å². The Morgan fingerprint density at radius 2 is 2.07 bits per heavy atom. The molecule has 1 aromatic rings. The van der Waals surface area contributed by atoms with E-state index in [-0.39, 0.29) is 0 Å². The summed E-state index contributed by atoms with van der Waals surface area (Å²) in [6.45, 7) is 5.86. The van der Waals surface area contributed by atoms with Gasteiger partial charge in [-0.2, -0.15) is 5.26 Å². The zero-order valence-corrected chi connectivity index (χ0v) is 9.59. The molecule has 2 nitrogen and oxygen atoms in total. The second-order valence-electron chi connectivity index (χ2n) is 3.60. The van der Waals surface area contributed by atoms with Crippen LogP contribution in [0.25, 0.3) is 6.08 Å². The lowest BCUT2D eigenvalue weighted by atomic mass is 10.0. The van der Waals surface area contributed by atoms with E-state index < -0.39 is 0 Å². The molecule has 78 valence electrons. The van der Waals surface area contributed by atoms with E-state index >= 15 is 0 Å². The average molecular weight is 201 g/mol. The van der Waals surface area contributed by atoms with Crippen molar-refractivity contribution in [3.63, 3.8) is 0 Å². The largest absolute Gasteiger partial charge is 0.496 e. The number of nitriles is 1. The summed E-state index contributed by atoms with van der Waals surface area (Å²) in [4.78, 5) is 0. The highest BCUT2D eigenvalue weighted by atomic mass is 16.5. The summed E-state index contributed by atoms with van der Waals surface area (Å²) < 4.78 is 5.27. The van der Waals surface area contributed by atoms with Crippen LogP contribution in [0, 0.1) is 25.2 Å². The van der Waals surface area contributed by atoms with E-state index in [0.29, 0.717) is 5.57 Å². The number of allylic oxidation sites excluding steroid dienone is 1. The Kier molecular flexibility index (Phi) is 3.51. The molecule has 0 aliphatic rings. The molecule has 1 rings (SSSR count). The van der Waals surface area contributed by atoms with Crippen LogP contribution in [0.4, 0.5) is 0 Å². The molecular weight excluding hydrogens is 186 g/mol. The SMILES string of the molecule is COc1cc(/C=C(\C)C#N)cc(C)c1C. The van der Waals surface area contributed by atoms with Gasteiger partial charge in [0, 0.05) is 5.57 Å². The van der Waals surface area contributed by atoms with Crippen molar-refractivity contribution >= 4 is 6.08 Å². The van der Waals surface area contributed by atoms with E-state index in [2.05, 4.69) is 12.1 Å². The normalized spacial score (nSPS) is 11.0. The van der Waals surface area contributed by atoms with Crippen LogP contribution in [0.1, 0.15) is 23.6 Å². The number of hydrogen-bond donors (Lipinski definition) is 0. The van der Waals surface area contributed by atoms with Crippen LogP contribution in [0.15, 0.2) is 17.7 Å². The van der Waals surface area contributed by atoms with Gasteiger partial charge in [-0.25, -0.2) is 0 Å². The number of aryl methyl sites for hydroxylation is 1. The second-order valence-corrected chi connectivity index (χ2v) is 3.60. The number of nitrogens with zero attached hydrogens (tertiary/aromatic N) is 1. The molecule has 0 bridgehead atoms. The van der Waals surface area contributed by atoms with Crippen LogP contribution >= 0.6 is 0 Å². The minimum atomic E-state index is 0.695. The first-order valence-electron chi connectivity index (χ1n) is 4.82. The molecule has 0 atom stereocenters. The van der Waals surface area contributed by atoms with Gasteiger partial charge in [-0.15, -0.1) is 0 Å². The summed E-state index contributed by atoms with van der Waals surface area (Å²) in [6.07, 6.45) is 1.86. The van der Waals surface area contributed by atoms with Gasteiger partial charge in [0.2, 0.25) is 0 Å². The summed E-state index contributed by atoms with van der Waals surface area (Å²) >= 11 is 0. The lowest BCUT2D eigenvalue weighted by molar-refractivity contribution is 0.411. The fraction of sp³-hybridized carbons (Fsp3) is 0.308. The molecule has 0 heterocycles. The van der Waals surface area contributed by atoms with Crippen molar-refractivity contribution in [2.24, 2.45) is 0 Å². The zero-order valence-electron chi connectivity index (χ0n) is 9.59. The fourth-order valence-corrected chi connectivity index (χ4v) is 1.43. The maximum atomic E-state index is 8.70. The van der Waals surface area contributed by atoms with Gasteiger partial charge in [0.1, 0.15) is 5.75 Å². The first kappa shape index (κ1) is 11.3. The van der Waals surface area contributed by atoms with Gasteiger partial charge >= 0.3 is 0 Å². The molecule has 2 heteroatoms. The predicted molar refractivity (Wildman–Crippen MR) is 61.7 cm³/mol. The van der Waals surface area contributed by atoms with Gasteiger partial charge in [-0.05, 0) is 49.6 Å². The van der Waals surface area contributed by atoms with Gasteiger partial charge in [-0.1, -0.05) is 6.07 Å². The van der Waals surface area contributed by atoms with E-state index in [9.17, 15) is 0 Å². The molecule has 0 saturated carbocycles. The molecule has 0 radical (unpaired) electrons. The minimum absolute atomic E-state index is 0.695. The molecule has 0 aromatic heterocycles. The highest BCUT2D eigenvalue weighted by Gasteiger charge is 2.03. The minimum Gasteiger partial charge on any atom is -0.496 e. The Labute approximate surface area is 90.8 Å². The first-order valence-corrected chi connectivity index (χ1v) is 4.82. The van der Waals surface area contributed by atoms with Gasteiger partial charge in [0.05, 0.1) is 13.2 Å². The maximum Gasteiger partial charge on any atom is 0.122 e. The van der Waals surface area contributed by atoms with Crippen molar-refractivity contribution in [2.45, 2.75) is 20.8 Å². The molecule has 0 aliphatic carbocycles. The lowest BCUT2D eigenvalue weighted by Gasteiger charge is -2.09. The predicted octanol–water partition coefficient (Wildman–Crippen LogP) is 3.24. The summed E-state index contributed by atoms with van der Waals surface area (Å²) in [5.41, 5.74) is 4.02. The van der Waals surface area contributed by atoms with Crippen molar-refractivity contribution in [1.82, 2.24) is 0 Å². The van der Waals surface area contributed by atoms with Gasteiger partial charge in [0.15, 0.2) is 0 Å². The Bertz CT molecular complexity index is 439.